The Labute approximate surface area is 498 Å². The average Bonchev–Trinajstić information content (AvgIpc) is 1.81. The number of amides is 8. The first-order valence-electron chi connectivity index (χ1n) is 29.2. The van der Waals surface area contributed by atoms with Crippen LogP contribution >= 0.6 is 0 Å². The van der Waals surface area contributed by atoms with Gasteiger partial charge in [-0.25, -0.2) is 0 Å². The van der Waals surface area contributed by atoms with Gasteiger partial charge in [-0.15, -0.1) is 0 Å². The van der Waals surface area contributed by atoms with Gasteiger partial charge in [-0.05, 0) is 92.0 Å². The Bertz CT molecular complexity index is 2830. The molecule has 5 aromatic rings. The monoisotopic (exact) mass is 1170 g/mol. The minimum Gasteiger partial charge on any atom is -0.426 e. The molecule has 6 atom stereocenters. The number of hydrogen-bond acceptors (Lipinski definition) is 12. The van der Waals surface area contributed by atoms with Gasteiger partial charge < -0.3 is 62.1 Å². The van der Waals surface area contributed by atoms with Crippen molar-refractivity contribution < 1.29 is 57.9 Å². The zero-order valence-electron chi connectivity index (χ0n) is 49.5. The van der Waals surface area contributed by atoms with E-state index < -0.39 is 116 Å². The van der Waals surface area contributed by atoms with E-state index in [2.05, 4.69) is 61.6 Å². The quantitative estimate of drug-likeness (QED) is 0.0152. The van der Waals surface area contributed by atoms with E-state index in [0.29, 0.717) is 35.3 Å². The molecule has 5 rings (SSSR count). The van der Waals surface area contributed by atoms with Crippen molar-refractivity contribution in [2.24, 2.45) is 0 Å². The maximum Gasteiger partial charge on any atom is 0.472 e. The van der Waals surface area contributed by atoms with Crippen LogP contribution in [0, 0.1) is 0 Å². The van der Waals surface area contributed by atoms with Crippen molar-refractivity contribution in [1.82, 2.24) is 42.5 Å². The maximum atomic E-state index is 14.4. The van der Waals surface area contributed by atoms with Gasteiger partial charge in [0.05, 0.1) is 32.1 Å². The largest absolute Gasteiger partial charge is 0.472 e. The van der Waals surface area contributed by atoms with Crippen molar-refractivity contribution in [3.05, 3.63) is 167 Å². The normalized spacial score (nSPS) is 13.3. The molecule has 0 aliphatic heterocycles. The van der Waals surface area contributed by atoms with Gasteiger partial charge in [0.2, 0.25) is 41.4 Å². The summed E-state index contributed by atoms with van der Waals surface area (Å²) in [5, 5.41) is 40.1. The third-order valence-corrected chi connectivity index (χ3v) is 14.1. The van der Waals surface area contributed by atoms with Crippen molar-refractivity contribution in [2.75, 3.05) is 32.8 Å². The number of hydrogen-bond donors (Lipinski definition) is 10. The summed E-state index contributed by atoms with van der Waals surface area (Å²) >= 11 is 0. The molecule has 21 heteroatoms. The van der Waals surface area contributed by atoms with Crippen LogP contribution in [0.15, 0.2) is 140 Å². The first-order valence-corrected chi connectivity index (χ1v) is 29.2. The standard InChI is InChI=1S/C64H83BN8O12/c1-7-10-22-46-29-31-47(32-30-46)48-33-35-49(36-34-48)60(78)71-54(41-84-37-11-8-2)62(80)68-43(4)58(76)66-40-56(75)72-57(45(6)85-38-12-9-3)63(81)69-44(5)59(77)70-53(61(79)67-42-65(82)83)39-55(74)73-64(50-23-16-13-17-24-50,51-25-18-14-19-26-51)52-27-20-15-21-28-52/h13-21,23-36,43-45,53-54,57,82-83H,7-12,22,37-42H2,1-6H3,(H,66,76)(H,67,79)(H,68,80)(H,69,81)(H,70,77)(H,71,78)(H,72,75)(H,73,74)/t43-,44+,45?,53+,54-,57+/m1/s1. The summed E-state index contributed by atoms with van der Waals surface area (Å²) in [6, 6.07) is 36.0. The fourth-order valence-corrected chi connectivity index (χ4v) is 9.18. The van der Waals surface area contributed by atoms with Crippen molar-refractivity contribution in [2.45, 2.75) is 135 Å². The highest BCUT2D eigenvalue weighted by molar-refractivity contribution is 6.41. The molecule has 5 aromatic carbocycles. The fourth-order valence-electron chi connectivity index (χ4n) is 9.18. The highest BCUT2D eigenvalue weighted by Gasteiger charge is 2.40. The van der Waals surface area contributed by atoms with Crippen LogP contribution in [0.1, 0.15) is 119 Å². The van der Waals surface area contributed by atoms with Gasteiger partial charge >= 0.3 is 7.12 Å². The Morgan fingerprint density at radius 2 is 1.04 bits per heavy atom. The lowest BCUT2D eigenvalue weighted by atomic mass is 9.77. The van der Waals surface area contributed by atoms with Crippen LogP contribution in [0.2, 0.25) is 0 Å². The highest BCUT2D eigenvalue weighted by atomic mass is 16.5. The summed E-state index contributed by atoms with van der Waals surface area (Å²) < 4.78 is 11.6. The molecule has 0 fully saturated rings. The summed E-state index contributed by atoms with van der Waals surface area (Å²) in [6.07, 6.45) is 3.91. The SMILES string of the molecule is CCCCOC[C@@H](NC(=O)c1ccc(-c2ccc(CCCC)cc2)cc1)C(=O)N[C@H](C)C(=O)NCC(=O)N[C@H](C(=O)N[C@@H](C)C(=O)N[C@@H](CC(=O)NC(c1ccccc1)(c1ccccc1)c1ccccc1)C(=O)NCB(O)O)C(C)OCCCC. The first kappa shape index (κ1) is 67.6. The highest BCUT2D eigenvalue weighted by Crippen LogP contribution is 2.37. The molecule has 0 heterocycles. The smallest absolute Gasteiger partial charge is 0.426 e. The van der Waals surface area contributed by atoms with E-state index in [4.69, 9.17) is 9.47 Å². The van der Waals surface area contributed by atoms with E-state index in [9.17, 15) is 48.4 Å². The Morgan fingerprint density at radius 3 is 1.58 bits per heavy atom. The number of carbonyl (C=O) groups is 8. The van der Waals surface area contributed by atoms with Gasteiger partial charge in [0.25, 0.3) is 5.91 Å². The topological polar surface area (TPSA) is 292 Å². The van der Waals surface area contributed by atoms with Crippen molar-refractivity contribution in [3.8, 4) is 11.1 Å². The first-order chi connectivity index (χ1) is 40.9. The van der Waals surface area contributed by atoms with Gasteiger partial charge in [-0.2, -0.15) is 0 Å². The van der Waals surface area contributed by atoms with E-state index >= 15 is 0 Å². The van der Waals surface area contributed by atoms with Crippen LogP contribution in [-0.2, 0) is 55.0 Å². The minimum atomic E-state index is -1.96. The number of benzene rings is 5. The maximum absolute atomic E-state index is 14.4. The summed E-state index contributed by atoms with van der Waals surface area (Å²) in [6.45, 7) is 10.1. The third kappa shape index (κ3) is 21.1. The van der Waals surface area contributed by atoms with Crippen LogP contribution in [0.5, 0.6) is 0 Å². The number of unbranched alkanes of at least 4 members (excludes halogenated alkanes) is 3. The van der Waals surface area contributed by atoms with Crippen LogP contribution in [0.25, 0.3) is 11.1 Å². The number of ether oxygens (including phenoxy) is 2. The second-order valence-corrected chi connectivity index (χ2v) is 20.9. The summed E-state index contributed by atoms with van der Waals surface area (Å²) in [5.74, 6) is -6.23. The predicted octanol–water partition coefficient (Wildman–Crippen LogP) is 4.54. The van der Waals surface area contributed by atoms with Gasteiger partial charge in [0, 0.05) is 18.8 Å². The Hall–Kier alpha value is -8.24. The van der Waals surface area contributed by atoms with Crippen molar-refractivity contribution in [1.29, 1.82) is 0 Å². The Morgan fingerprint density at radius 1 is 0.518 bits per heavy atom. The summed E-state index contributed by atoms with van der Waals surface area (Å²) in [7, 11) is -1.96. The number of aryl methyl sites for hydroxylation is 1. The van der Waals surface area contributed by atoms with Crippen LogP contribution < -0.4 is 42.5 Å². The molecule has 454 valence electrons. The van der Waals surface area contributed by atoms with E-state index in [1.165, 1.54) is 19.4 Å². The lowest BCUT2D eigenvalue weighted by Crippen LogP contribution is -2.60. The third-order valence-electron chi connectivity index (χ3n) is 14.1. The number of rotatable bonds is 35. The molecule has 0 aromatic heterocycles. The molecule has 20 nitrogen and oxygen atoms in total. The summed E-state index contributed by atoms with van der Waals surface area (Å²) in [4.78, 5) is 110. The van der Waals surface area contributed by atoms with Crippen LogP contribution in [-0.4, -0.2) is 134 Å². The Kier molecular flexibility index (Phi) is 27.9. The zero-order valence-corrected chi connectivity index (χ0v) is 49.5. The van der Waals surface area contributed by atoms with Gasteiger partial charge in [0.1, 0.15) is 35.7 Å². The van der Waals surface area contributed by atoms with Crippen molar-refractivity contribution in [3.63, 3.8) is 0 Å². The molecule has 10 N–H and O–H groups in total. The molecular formula is C64H83BN8O12. The molecule has 0 aliphatic carbocycles. The average molecular weight is 1170 g/mol. The number of carbonyl (C=O) groups excluding carboxylic acids is 8. The molecule has 0 spiro atoms. The number of nitrogens with one attached hydrogen (secondary N) is 8. The van der Waals surface area contributed by atoms with Crippen LogP contribution in [0.3, 0.4) is 0 Å². The van der Waals surface area contributed by atoms with E-state index in [1.807, 2.05) is 129 Å². The van der Waals surface area contributed by atoms with Gasteiger partial charge in [0.15, 0.2) is 0 Å². The molecule has 0 saturated carbocycles. The van der Waals surface area contributed by atoms with E-state index in [1.54, 1.807) is 19.1 Å². The Balaban J connectivity index is 1.23. The molecule has 0 bridgehead atoms. The lowest BCUT2D eigenvalue weighted by Gasteiger charge is -2.37. The summed E-state index contributed by atoms with van der Waals surface area (Å²) in [5.41, 5.74) is 4.26. The minimum absolute atomic E-state index is 0.179. The fraction of sp³-hybridized carbons (Fsp3) is 0.406. The second-order valence-electron chi connectivity index (χ2n) is 20.9. The lowest BCUT2D eigenvalue weighted by molar-refractivity contribution is -0.136. The van der Waals surface area contributed by atoms with Crippen LogP contribution in [0.4, 0.5) is 0 Å². The van der Waals surface area contributed by atoms with E-state index in [0.717, 1.165) is 49.7 Å². The molecule has 85 heavy (non-hydrogen) atoms. The van der Waals surface area contributed by atoms with E-state index in [-0.39, 0.29) is 13.2 Å². The van der Waals surface area contributed by atoms with Gasteiger partial charge in [-0.3, -0.25) is 38.4 Å². The molecule has 0 saturated heterocycles. The zero-order chi connectivity index (χ0) is 61.7. The van der Waals surface area contributed by atoms with Gasteiger partial charge in [-0.1, -0.05) is 167 Å². The van der Waals surface area contributed by atoms with Crippen molar-refractivity contribution >= 4 is 54.4 Å². The molecule has 0 aliphatic rings. The predicted molar refractivity (Wildman–Crippen MR) is 325 cm³/mol. The molecule has 1 unspecified atom stereocenters. The molecule has 8 amide bonds. The molecular weight excluding hydrogens is 1080 g/mol. The molecule has 0 radical (unpaired) electrons. The second kappa shape index (κ2) is 35.2.